The van der Waals surface area contributed by atoms with Gasteiger partial charge in [-0.3, -0.25) is 0 Å². The summed E-state index contributed by atoms with van der Waals surface area (Å²) >= 11 is 0. The van der Waals surface area contributed by atoms with Crippen LogP contribution in [-0.4, -0.2) is 15.8 Å². The summed E-state index contributed by atoms with van der Waals surface area (Å²) in [5.74, 6) is 0. The fourth-order valence-corrected chi connectivity index (χ4v) is 2.29. The van der Waals surface area contributed by atoms with Crippen molar-refractivity contribution >= 4 is 7.75 Å². The van der Waals surface area contributed by atoms with Crippen molar-refractivity contribution in [2.45, 2.75) is 64.8 Å². The second-order valence-electron chi connectivity index (χ2n) is 4.13. The lowest BCUT2D eigenvalue weighted by atomic mass is 10.1. The Bertz CT molecular complexity index is 193. The topological polar surface area (TPSA) is 69.6 Å². The molecule has 1 unspecified atom stereocenters. The Morgan fingerprint density at radius 2 is 1.67 bits per heavy atom. The number of nitrogens with one attached hydrogen (secondary N) is 1. The van der Waals surface area contributed by atoms with Crippen LogP contribution in [0.5, 0.6) is 0 Å². The molecule has 0 spiro atoms. The zero-order valence-corrected chi connectivity index (χ0v) is 10.7. The van der Waals surface area contributed by atoms with Gasteiger partial charge < -0.3 is 9.79 Å². The molecule has 3 N–H and O–H groups in total. The lowest BCUT2D eigenvalue weighted by Gasteiger charge is -2.14. The Balaban J connectivity index is 3.32. The maximum absolute atomic E-state index is 10.6. The van der Waals surface area contributed by atoms with Gasteiger partial charge in [0.1, 0.15) is 0 Å². The molecule has 0 aliphatic rings. The summed E-state index contributed by atoms with van der Waals surface area (Å²) in [6.45, 7) is 4.00. The number of hydrogen-bond donors (Lipinski definition) is 3. The molecule has 0 radical (unpaired) electrons. The van der Waals surface area contributed by atoms with Crippen LogP contribution in [0.1, 0.15) is 58.8 Å². The summed E-state index contributed by atoms with van der Waals surface area (Å²) in [6.07, 6.45) is 8.07. The van der Waals surface area contributed by atoms with Crippen LogP contribution in [0.2, 0.25) is 0 Å². The van der Waals surface area contributed by atoms with E-state index in [0.29, 0.717) is 0 Å². The largest absolute Gasteiger partial charge is 0.400 e. The normalized spacial score (nSPS) is 14.1. The highest BCUT2D eigenvalue weighted by Gasteiger charge is 2.15. The van der Waals surface area contributed by atoms with Gasteiger partial charge in [-0.2, -0.15) is 0 Å². The van der Waals surface area contributed by atoms with Crippen LogP contribution >= 0.6 is 7.75 Å². The second kappa shape index (κ2) is 8.28. The maximum atomic E-state index is 10.6. The highest BCUT2D eigenvalue weighted by molar-refractivity contribution is 7.49. The fourth-order valence-electron chi connectivity index (χ4n) is 1.58. The van der Waals surface area contributed by atoms with Gasteiger partial charge in [-0.05, 0) is 13.3 Å². The SMILES string of the molecule is CCCCCCCCC(C)NP(=O)(O)O. The van der Waals surface area contributed by atoms with Crippen molar-refractivity contribution in [1.29, 1.82) is 0 Å². The monoisotopic (exact) mass is 237 g/mol. The third-order valence-electron chi connectivity index (χ3n) is 2.38. The van der Waals surface area contributed by atoms with Crippen LogP contribution in [0, 0.1) is 0 Å². The van der Waals surface area contributed by atoms with Crippen molar-refractivity contribution in [2.24, 2.45) is 0 Å². The van der Waals surface area contributed by atoms with Crippen LogP contribution in [0.25, 0.3) is 0 Å². The Morgan fingerprint density at radius 3 is 2.20 bits per heavy atom. The second-order valence-corrected chi connectivity index (χ2v) is 5.48. The quantitative estimate of drug-likeness (QED) is 0.426. The number of unbranched alkanes of at least 4 members (excludes halogenated alkanes) is 5. The molecule has 0 saturated carbocycles. The van der Waals surface area contributed by atoms with E-state index in [1.54, 1.807) is 0 Å². The molecule has 15 heavy (non-hydrogen) atoms. The van der Waals surface area contributed by atoms with E-state index in [9.17, 15) is 4.57 Å². The minimum Gasteiger partial charge on any atom is -0.313 e. The first kappa shape index (κ1) is 15.1. The minimum absolute atomic E-state index is 0.1000. The van der Waals surface area contributed by atoms with Crippen molar-refractivity contribution in [1.82, 2.24) is 5.09 Å². The smallest absolute Gasteiger partial charge is 0.313 e. The molecule has 0 fully saturated rings. The fraction of sp³-hybridized carbons (Fsp3) is 1.00. The van der Waals surface area contributed by atoms with E-state index >= 15 is 0 Å². The van der Waals surface area contributed by atoms with Crippen LogP contribution in [0.4, 0.5) is 0 Å². The molecule has 0 heterocycles. The van der Waals surface area contributed by atoms with E-state index in [2.05, 4.69) is 12.0 Å². The summed E-state index contributed by atoms with van der Waals surface area (Å²) in [5.41, 5.74) is 0. The average Bonchev–Trinajstić information content (AvgIpc) is 2.08. The molecule has 0 aromatic carbocycles. The molecule has 1 atom stereocenters. The molecule has 0 rings (SSSR count). The highest BCUT2D eigenvalue weighted by atomic mass is 31.2. The first-order valence-electron chi connectivity index (χ1n) is 5.79. The van der Waals surface area contributed by atoms with Gasteiger partial charge in [0, 0.05) is 6.04 Å². The van der Waals surface area contributed by atoms with E-state index in [4.69, 9.17) is 9.79 Å². The predicted octanol–water partition coefficient (Wildman–Crippen LogP) is 2.81. The summed E-state index contributed by atoms with van der Waals surface area (Å²) in [5, 5.41) is 2.29. The Labute approximate surface area is 92.7 Å². The van der Waals surface area contributed by atoms with E-state index in [1.165, 1.54) is 25.7 Å². The zero-order chi connectivity index (χ0) is 11.7. The van der Waals surface area contributed by atoms with Crippen molar-refractivity contribution < 1.29 is 14.4 Å². The van der Waals surface area contributed by atoms with E-state index < -0.39 is 7.75 Å². The summed E-state index contributed by atoms with van der Waals surface area (Å²) < 4.78 is 10.6. The number of hydrogen-bond acceptors (Lipinski definition) is 1. The Hall–Kier alpha value is 0.110. The van der Waals surface area contributed by atoms with Gasteiger partial charge in [-0.25, -0.2) is 9.65 Å². The summed E-state index contributed by atoms with van der Waals surface area (Å²) in [7, 11) is -4.04. The first-order chi connectivity index (χ1) is 6.95. The van der Waals surface area contributed by atoms with Crippen LogP contribution < -0.4 is 5.09 Å². The molecule has 5 heteroatoms. The van der Waals surface area contributed by atoms with Gasteiger partial charge in [-0.1, -0.05) is 45.4 Å². The van der Waals surface area contributed by atoms with Gasteiger partial charge in [0.2, 0.25) is 0 Å². The summed E-state index contributed by atoms with van der Waals surface area (Å²) in [4.78, 5) is 17.3. The van der Waals surface area contributed by atoms with Crippen LogP contribution in [0.15, 0.2) is 0 Å². The molecule has 0 amide bonds. The van der Waals surface area contributed by atoms with Gasteiger partial charge in [0.15, 0.2) is 0 Å². The molecule has 0 bridgehead atoms. The molecule has 0 aliphatic heterocycles. The van der Waals surface area contributed by atoms with Gasteiger partial charge in [0.05, 0.1) is 0 Å². The zero-order valence-electron chi connectivity index (χ0n) is 9.78. The van der Waals surface area contributed by atoms with Crippen LogP contribution in [-0.2, 0) is 4.57 Å². The van der Waals surface area contributed by atoms with Gasteiger partial charge >= 0.3 is 7.75 Å². The Kier molecular flexibility index (Phi) is 8.34. The molecule has 4 nitrogen and oxygen atoms in total. The summed E-state index contributed by atoms with van der Waals surface area (Å²) in [6, 6.07) is -0.1000. The van der Waals surface area contributed by atoms with E-state index in [1.807, 2.05) is 6.92 Å². The van der Waals surface area contributed by atoms with Crippen molar-refractivity contribution in [3.63, 3.8) is 0 Å². The average molecular weight is 237 g/mol. The molecule has 0 aromatic rings. The third kappa shape index (κ3) is 12.0. The molecule has 92 valence electrons. The number of rotatable bonds is 9. The lowest BCUT2D eigenvalue weighted by Crippen LogP contribution is -2.22. The molecule has 0 aliphatic carbocycles. The van der Waals surface area contributed by atoms with E-state index in [0.717, 1.165) is 19.3 Å². The van der Waals surface area contributed by atoms with Crippen molar-refractivity contribution in [3.8, 4) is 0 Å². The van der Waals surface area contributed by atoms with Gasteiger partial charge in [-0.15, -0.1) is 0 Å². The third-order valence-corrected chi connectivity index (χ3v) is 3.16. The molecular formula is C10H24NO3P. The molecular weight excluding hydrogens is 213 g/mol. The standard InChI is InChI=1S/C10H24NO3P/c1-3-4-5-6-7-8-9-10(2)11-15(12,13)14/h10H,3-9H2,1-2H3,(H3,11,12,13,14). The predicted molar refractivity (Wildman–Crippen MR) is 62.6 cm³/mol. The van der Waals surface area contributed by atoms with Gasteiger partial charge in [0.25, 0.3) is 0 Å². The lowest BCUT2D eigenvalue weighted by molar-refractivity contribution is 0.345. The van der Waals surface area contributed by atoms with Crippen molar-refractivity contribution in [2.75, 3.05) is 0 Å². The highest BCUT2D eigenvalue weighted by Crippen LogP contribution is 2.29. The molecule has 0 aromatic heterocycles. The first-order valence-corrected chi connectivity index (χ1v) is 7.40. The minimum atomic E-state index is -4.04. The van der Waals surface area contributed by atoms with Crippen LogP contribution in [0.3, 0.4) is 0 Å². The van der Waals surface area contributed by atoms with E-state index in [-0.39, 0.29) is 6.04 Å². The molecule has 0 saturated heterocycles. The van der Waals surface area contributed by atoms with Crippen molar-refractivity contribution in [3.05, 3.63) is 0 Å². The Morgan fingerprint density at radius 1 is 1.13 bits per heavy atom. The maximum Gasteiger partial charge on any atom is 0.400 e.